The van der Waals surface area contributed by atoms with Crippen molar-refractivity contribution in [2.75, 3.05) is 44.4 Å². The van der Waals surface area contributed by atoms with Gasteiger partial charge in [-0.05, 0) is 36.4 Å². The zero-order chi connectivity index (χ0) is 21.4. The molecule has 0 aromatic heterocycles. The van der Waals surface area contributed by atoms with Crippen LogP contribution in [0.3, 0.4) is 0 Å². The van der Waals surface area contributed by atoms with Crippen LogP contribution in [0, 0.1) is 5.82 Å². The quantitative estimate of drug-likeness (QED) is 0.595. The molecule has 7 nitrogen and oxygen atoms in total. The van der Waals surface area contributed by atoms with E-state index in [1.807, 2.05) is 0 Å². The average Bonchev–Trinajstić information content (AvgIpc) is 2.65. The van der Waals surface area contributed by atoms with Gasteiger partial charge in [0.2, 0.25) is 5.91 Å². The fourth-order valence-corrected chi connectivity index (χ4v) is 2.71. The van der Waals surface area contributed by atoms with Crippen molar-refractivity contribution in [3.8, 4) is 0 Å². The highest BCUT2D eigenvalue weighted by molar-refractivity contribution is 6.33. The monoisotopic (exact) mass is 421 g/mol. The molecule has 0 aliphatic carbocycles. The van der Waals surface area contributed by atoms with Crippen molar-refractivity contribution in [1.82, 2.24) is 4.90 Å². The van der Waals surface area contributed by atoms with Gasteiger partial charge in [0, 0.05) is 12.7 Å². The summed E-state index contributed by atoms with van der Waals surface area (Å²) in [5, 5.41) is 5.70. The molecule has 29 heavy (non-hydrogen) atoms. The Balaban J connectivity index is 1.77. The van der Waals surface area contributed by atoms with Crippen LogP contribution in [-0.2, 0) is 14.4 Å². The number of hydrogen-bond donors (Lipinski definition) is 3. The fourth-order valence-electron chi connectivity index (χ4n) is 2.52. The highest BCUT2D eigenvalue weighted by Gasteiger charge is 2.19. The van der Waals surface area contributed by atoms with Gasteiger partial charge in [0.1, 0.15) is 5.82 Å². The minimum atomic E-state index is -0.391. The summed E-state index contributed by atoms with van der Waals surface area (Å²) in [6.45, 7) is -0.0609. The van der Waals surface area contributed by atoms with E-state index in [2.05, 4.69) is 10.6 Å². The molecule has 1 atom stereocenters. The van der Waals surface area contributed by atoms with Crippen LogP contribution in [0.4, 0.5) is 15.8 Å². The molecule has 0 heterocycles. The number of nitrogens with zero attached hydrogens (tertiary/aromatic N) is 1. The largest absolute Gasteiger partial charge is 0.332 e. The summed E-state index contributed by atoms with van der Waals surface area (Å²) in [4.78, 5) is 38.4. The number of hydrogen-bond acceptors (Lipinski definition) is 3. The number of halogens is 2. The Hall–Kier alpha value is -2.97. The van der Waals surface area contributed by atoms with Crippen molar-refractivity contribution in [3.63, 3.8) is 0 Å². The van der Waals surface area contributed by atoms with E-state index < -0.39 is 5.82 Å². The Kier molecular flexibility index (Phi) is 8.11. The molecule has 3 amide bonds. The Morgan fingerprint density at radius 2 is 1.66 bits per heavy atom. The van der Waals surface area contributed by atoms with Crippen molar-refractivity contribution < 1.29 is 23.7 Å². The van der Waals surface area contributed by atoms with Gasteiger partial charge >= 0.3 is 0 Å². The molecule has 0 saturated carbocycles. The summed E-state index contributed by atoms with van der Waals surface area (Å²) in [6, 6.07) is 12.2. The van der Waals surface area contributed by atoms with Crippen LogP contribution >= 0.6 is 11.6 Å². The van der Waals surface area contributed by atoms with Crippen molar-refractivity contribution in [2.24, 2.45) is 0 Å². The number of rotatable bonds is 8. The maximum atomic E-state index is 12.9. The van der Waals surface area contributed by atoms with Gasteiger partial charge in [0.05, 0.1) is 24.3 Å². The summed E-state index contributed by atoms with van der Waals surface area (Å²) in [6.07, 6.45) is 0. The molecule has 1 unspecified atom stereocenters. The summed E-state index contributed by atoms with van der Waals surface area (Å²) in [5.74, 6) is -1.36. The number of carbonyl (C=O) groups is 3. The summed E-state index contributed by atoms with van der Waals surface area (Å²) in [7, 11) is 3.21. The van der Waals surface area contributed by atoms with E-state index in [4.69, 9.17) is 11.6 Å². The molecular weight excluding hydrogens is 399 g/mol. The average molecular weight is 422 g/mol. The summed E-state index contributed by atoms with van der Waals surface area (Å²) in [5.41, 5.74) is 0.948. The minimum absolute atomic E-state index is 0.0344. The zero-order valence-electron chi connectivity index (χ0n) is 16.2. The van der Waals surface area contributed by atoms with E-state index in [0.717, 1.165) is 0 Å². The molecule has 2 rings (SSSR count). The summed E-state index contributed by atoms with van der Waals surface area (Å²) >= 11 is 6.00. The first-order valence-electron chi connectivity index (χ1n) is 8.89. The van der Waals surface area contributed by atoms with Gasteiger partial charge in [-0.15, -0.1) is 0 Å². The van der Waals surface area contributed by atoms with Gasteiger partial charge < -0.3 is 20.4 Å². The molecule has 3 N–H and O–H groups in total. The number of anilines is 2. The van der Waals surface area contributed by atoms with E-state index in [1.165, 1.54) is 36.2 Å². The van der Waals surface area contributed by atoms with Crippen LogP contribution in [-0.4, -0.2) is 56.4 Å². The number of benzene rings is 2. The smallest absolute Gasteiger partial charge is 0.279 e. The minimum Gasteiger partial charge on any atom is -0.332 e. The predicted molar refractivity (Wildman–Crippen MR) is 109 cm³/mol. The van der Waals surface area contributed by atoms with Crippen molar-refractivity contribution in [2.45, 2.75) is 0 Å². The van der Waals surface area contributed by atoms with E-state index in [0.29, 0.717) is 21.3 Å². The first-order valence-corrected chi connectivity index (χ1v) is 9.27. The molecule has 9 heteroatoms. The number of nitrogens with one attached hydrogen (secondary N) is 3. The third-order valence-corrected chi connectivity index (χ3v) is 4.33. The third kappa shape index (κ3) is 7.52. The number of likely N-dealkylation sites (N-methyl/N-ethyl adjacent to an activating group) is 2. The Morgan fingerprint density at radius 3 is 2.31 bits per heavy atom. The molecule has 154 valence electrons. The van der Waals surface area contributed by atoms with E-state index >= 15 is 0 Å². The Bertz CT molecular complexity index is 876. The second kappa shape index (κ2) is 10.5. The lowest BCUT2D eigenvalue weighted by Gasteiger charge is -2.19. The lowest BCUT2D eigenvalue weighted by Crippen LogP contribution is -3.11. The number of amides is 3. The van der Waals surface area contributed by atoms with Gasteiger partial charge in [0.25, 0.3) is 11.8 Å². The highest BCUT2D eigenvalue weighted by Crippen LogP contribution is 2.20. The van der Waals surface area contributed by atoms with Gasteiger partial charge in [-0.1, -0.05) is 23.7 Å². The molecule has 2 aromatic rings. The topological polar surface area (TPSA) is 83.0 Å². The molecule has 2 aromatic carbocycles. The van der Waals surface area contributed by atoms with Crippen molar-refractivity contribution in [3.05, 3.63) is 59.4 Å². The number of para-hydroxylation sites is 1. The normalized spacial score (nSPS) is 11.4. The Morgan fingerprint density at radius 1 is 1.00 bits per heavy atom. The van der Waals surface area contributed by atoms with Crippen LogP contribution in [0.15, 0.2) is 48.5 Å². The molecule has 0 aliphatic rings. The predicted octanol–water partition coefficient (Wildman–Crippen LogP) is 1.03. The summed E-state index contributed by atoms with van der Waals surface area (Å²) < 4.78 is 12.9. The Labute approximate surface area is 173 Å². The zero-order valence-corrected chi connectivity index (χ0v) is 16.9. The van der Waals surface area contributed by atoms with Crippen LogP contribution < -0.4 is 15.5 Å². The van der Waals surface area contributed by atoms with E-state index in [1.54, 1.807) is 31.3 Å². The lowest BCUT2D eigenvalue weighted by molar-refractivity contribution is -0.862. The second-order valence-electron chi connectivity index (χ2n) is 6.64. The van der Waals surface area contributed by atoms with E-state index in [-0.39, 0.29) is 37.4 Å². The molecular formula is C20H23ClFN4O3+. The second-order valence-corrected chi connectivity index (χ2v) is 7.05. The van der Waals surface area contributed by atoms with Crippen LogP contribution in [0.1, 0.15) is 0 Å². The van der Waals surface area contributed by atoms with Crippen molar-refractivity contribution in [1.29, 1.82) is 0 Å². The standard InChI is InChI=1S/C20H22ClFN4O3/c1-25(11-18(27)23-15-9-7-14(22)8-10-15)13-20(29)26(2)12-19(28)24-17-6-4-3-5-16(17)21/h3-10H,11-13H2,1-2H3,(H,23,27)(H,24,28)/p+1. The van der Waals surface area contributed by atoms with Gasteiger partial charge in [0.15, 0.2) is 13.1 Å². The number of quaternary nitrogens is 1. The molecule has 0 radical (unpaired) electrons. The molecule has 0 bridgehead atoms. The molecule has 0 fully saturated rings. The van der Waals surface area contributed by atoms with Crippen LogP contribution in [0.25, 0.3) is 0 Å². The van der Waals surface area contributed by atoms with Crippen molar-refractivity contribution >= 4 is 40.7 Å². The molecule has 0 saturated heterocycles. The maximum absolute atomic E-state index is 12.9. The molecule has 0 aliphatic heterocycles. The first-order chi connectivity index (χ1) is 13.7. The van der Waals surface area contributed by atoms with Gasteiger partial charge in [-0.3, -0.25) is 14.4 Å². The van der Waals surface area contributed by atoms with Gasteiger partial charge in [-0.2, -0.15) is 0 Å². The third-order valence-electron chi connectivity index (χ3n) is 4.00. The van der Waals surface area contributed by atoms with E-state index in [9.17, 15) is 18.8 Å². The lowest BCUT2D eigenvalue weighted by atomic mass is 10.3. The first kappa shape index (κ1) is 22.3. The number of carbonyl (C=O) groups excluding carboxylic acids is 3. The van der Waals surface area contributed by atoms with Gasteiger partial charge in [-0.25, -0.2) is 4.39 Å². The molecule has 0 spiro atoms. The SMILES string of the molecule is CN(CC(=O)Nc1ccccc1Cl)C(=O)C[NH+](C)CC(=O)Nc1ccc(F)cc1. The maximum Gasteiger partial charge on any atom is 0.279 e. The fraction of sp³-hybridized carbons (Fsp3) is 0.250. The highest BCUT2D eigenvalue weighted by atomic mass is 35.5. The van der Waals surface area contributed by atoms with Crippen LogP contribution in [0.5, 0.6) is 0 Å². The van der Waals surface area contributed by atoms with Crippen LogP contribution in [0.2, 0.25) is 5.02 Å².